The van der Waals surface area contributed by atoms with Crippen molar-refractivity contribution in [1.82, 2.24) is 9.97 Å². The average molecular weight is 229 g/mol. The number of benzene rings is 1. The molecule has 0 unspecified atom stereocenters. The van der Waals surface area contributed by atoms with Crippen LogP contribution in [0, 0.1) is 0 Å². The molecule has 3 nitrogen and oxygen atoms in total. The highest BCUT2D eigenvalue weighted by molar-refractivity contribution is 6.31. The first-order valence-corrected chi connectivity index (χ1v) is 4.63. The molecule has 72 valence electrons. The fourth-order valence-electron chi connectivity index (χ4n) is 1.20. The van der Waals surface area contributed by atoms with Crippen molar-refractivity contribution in [2.75, 3.05) is 7.11 Å². The molecule has 5 heteroatoms. The molecule has 0 aliphatic carbocycles. The van der Waals surface area contributed by atoms with Crippen LogP contribution in [0.25, 0.3) is 10.9 Å². The maximum atomic E-state index is 5.82. The van der Waals surface area contributed by atoms with Gasteiger partial charge in [-0.15, -0.1) is 0 Å². The lowest BCUT2D eigenvalue weighted by Gasteiger charge is -2.03. The molecule has 1 aromatic heterocycles. The van der Waals surface area contributed by atoms with Crippen molar-refractivity contribution in [2.24, 2.45) is 0 Å². The Morgan fingerprint density at radius 1 is 1.21 bits per heavy atom. The molecule has 14 heavy (non-hydrogen) atoms. The van der Waals surface area contributed by atoms with Crippen LogP contribution >= 0.6 is 23.2 Å². The molecular formula is C9H6Cl2N2O. The maximum absolute atomic E-state index is 5.82. The van der Waals surface area contributed by atoms with Crippen LogP contribution in [0.15, 0.2) is 18.2 Å². The minimum Gasteiger partial charge on any atom is -0.480 e. The number of fused-ring (bicyclic) bond motifs is 1. The summed E-state index contributed by atoms with van der Waals surface area (Å²) in [6, 6.07) is 5.27. The van der Waals surface area contributed by atoms with Gasteiger partial charge in [-0.25, -0.2) is 4.98 Å². The van der Waals surface area contributed by atoms with Gasteiger partial charge in [-0.05, 0) is 29.8 Å². The van der Waals surface area contributed by atoms with Gasteiger partial charge in [0.05, 0.1) is 18.0 Å². The molecule has 2 aromatic rings. The van der Waals surface area contributed by atoms with Crippen molar-refractivity contribution in [2.45, 2.75) is 0 Å². The van der Waals surface area contributed by atoms with E-state index in [-0.39, 0.29) is 5.28 Å². The number of halogens is 2. The smallest absolute Gasteiger partial charge is 0.226 e. The molecule has 2 rings (SSSR count). The van der Waals surface area contributed by atoms with Gasteiger partial charge >= 0.3 is 0 Å². The predicted molar refractivity (Wildman–Crippen MR) is 56.1 cm³/mol. The van der Waals surface area contributed by atoms with Gasteiger partial charge in [-0.2, -0.15) is 4.98 Å². The number of rotatable bonds is 1. The molecule has 0 aliphatic heterocycles. The molecule has 1 aromatic carbocycles. The van der Waals surface area contributed by atoms with E-state index in [0.717, 1.165) is 5.39 Å². The molecule has 0 amide bonds. The normalized spacial score (nSPS) is 10.5. The molecule has 0 N–H and O–H groups in total. The lowest BCUT2D eigenvalue weighted by molar-refractivity contribution is 0.402. The van der Waals surface area contributed by atoms with Crippen LogP contribution in [0.2, 0.25) is 10.3 Å². The highest BCUT2D eigenvalue weighted by Gasteiger charge is 2.06. The van der Waals surface area contributed by atoms with Crippen LogP contribution in [-0.4, -0.2) is 17.1 Å². The first kappa shape index (κ1) is 9.49. The summed E-state index contributed by atoms with van der Waals surface area (Å²) in [5.74, 6) is 0.455. The van der Waals surface area contributed by atoms with E-state index >= 15 is 0 Å². The molecule has 0 bridgehead atoms. The van der Waals surface area contributed by atoms with Gasteiger partial charge < -0.3 is 4.74 Å². The second kappa shape index (κ2) is 3.59. The number of aromatic nitrogens is 2. The topological polar surface area (TPSA) is 35.0 Å². The summed E-state index contributed by atoms with van der Waals surface area (Å²) >= 11 is 11.5. The zero-order valence-corrected chi connectivity index (χ0v) is 8.80. The van der Waals surface area contributed by atoms with Crippen molar-refractivity contribution in [3.63, 3.8) is 0 Å². The number of methoxy groups -OCH3 is 1. The van der Waals surface area contributed by atoms with Gasteiger partial charge in [-0.3, -0.25) is 0 Å². The Hall–Kier alpha value is -1.06. The quantitative estimate of drug-likeness (QED) is 0.705. The third-order valence-corrected chi connectivity index (χ3v) is 2.19. The lowest BCUT2D eigenvalue weighted by Crippen LogP contribution is -1.92. The third kappa shape index (κ3) is 1.61. The van der Waals surface area contributed by atoms with E-state index in [1.165, 1.54) is 7.11 Å². The summed E-state index contributed by atoms with van der Waals surface area (Å²) in [6.07, 6.45) is 0. The molecule has 1 heterocycles. The molecule has 0 saturated carbocycles. The Morgan fingerprint density at radius 2 is 2.00 bits per heavy atom. The molecule has 0 radical (unpaired) electrons. The predicted octanol–water partition coefficient (Wildman–Crippen LogP) is 2.95. The number of hydrogen-bond acceptors (Lipinski definition) is 3. The Morgan fingerprint density at radius 3 is 2.71 bits per heavy atom. The zero-order valence-electron chi connectivity index (χ0n) is 7.29. The SMILES string of the molecule is COc1nc(Cl)nc2cc(Cl)ccc12. The summed E-state index contributed by atoms with van der Waals surface area (Å²) in [7, 11) is 1.53. The van der Waals surface area contributed by atoms with Gasteiger partial charge in [0.25, 0.3) is 0 Å². The standard InChI is InChI=1S/C9H6Cl2N2O/c1-14-8-6-3-2-5(10)4-7(6)12-9(11)13-8/h2-4H,1H3. The van der Waals surface area contributed by atoms with Crippen molar-refractivity contribution in [1.29, 1.82) is 0 Å². The van der Waals surface area contributed by atoms with Crippen molar-refractivity contribution < 1.29 is 4.74 Å². The first-order valence-electron chi connectivity index (χ1n) is 3.87. The van der Waals surface area contributed by atoms with Gasteiger partial charge in [0.15, 0.2) is 0 Å². The van der Waals surface area contributed by atoms with E-state index < -0.39 is 0 Å². The highest BCUT2D eigenvalue weighted by Crippen LogP contribution is 2.25. The number of hydrogen-bond donors (Lipinski definition) is 0. The molecule has 0 aliphatic rings. The first-order chi connectivity index (χ1) is 6.70. The van der Waals surface area contributed by atoms with E-state index in [1.807, 2.05) is 0 Å². The number of nitrogens with zero attached hydrogens (tertiary/aromatic N) is 2. The minimum atomic E-state index is 0.150. The number of ether oxygens (including phenoxy) is 1. The van der Waals surface area contributed by atoms with Gasteiger partial charge in [0, 0.05) is 5.02 Å². The molecule has 0 atom stereocenters. The van der Waals surface area contributed by atoms with Crippen molar-refractivity contribution >= 4 is 34.1 Å². The highest BCUT2D eigenvalue weighted by atomic mass is 35.5. The molecule has 0 saturated heterocycles. The van der Waals surface area contributed by atoms with Gasteiger partial charge in [-0.1, -0.05) is 11.6 Å². The van der Waals surface area contributed by atoms with Crippen LogP contribution in [0.1, 0.15) is 0 Å². The molecule has 0 spiro atoms. The van der Waals surface area contributed by atoms with Crippen LogP contribution in [0.5, 0.6) is 5.88 Å². The summed E-state index contributed by atoms with van der Waals surface area (Å²) < 4.78 is 5.07. The largest absolute Gasteiger partial charge is 0.480 e. The summed E-state index contributed by atoms with van der Waals surface area (Å²) in [5.41, 5.74) is 0.675. The second-order valence-electron chi connectivity index (χ2n) is 2.66. The van der Waals surface area contributed by atoms with Crippen LogP contribution < -0.4 is 4.74 Å². The molecule has 0 fully saturated rings. The monoisotopic (exact) mass is 228 g/mol. The summed E-state index contributed by atoms with van der Waals surface area (Å²) in [6.45, 7) is 0. The van der Waals surface area contributed by atoms with Crippen LogP contribution in [0.4, 0.5) is 0 Å². The fourth-order valence-corrected chi connectivity index (χ4v) is 1.54. The van der Waals surface area contributed by atoms with E-state index in [0.29, 0.717) is 16.4 Å². The van der Waals surface area contributed by atoms with Crippen molar-refractivity contribution in [3.05, 3.63) is 28.5 Å². The lowest BCUT2D eigenvalue weighted by atomic mass is 10.2. The fraction of sp³-hybridized carbons (Fsp3) is 0.111. The van der Waals surface area contributed by atoms with Crippen LogP contribution in [0.3, 0.4) is 0 Å². The van der Waals surface area contributed by atoms with Crippen molar-refractivity contribution in [3.8, 4) is 5.88 Å². The second-order valence-corrected chi connectivity index (χ2v) is 3.44. The van der Waals surface area contributed by atoms with E-state index in [4.69, 9.17) is 27.9 Å². The average Bonchev–Trinajstić information content (AvgIpc) is 2.15. The Kier molecular flexibility index (Phi) is 2.44. The Balaban J connectivity index is 2.81. The van der Waals surface area contributed by atoms with E-state index in [9.17, 15) is 0 Å². The zero-order chi connectivity index (χ0) is 10.1. The Labute approximate surface area is 90.6 Å². The Bertz CT molecular complexity index is 482. The third-order valence-electron chi connectivity index (χ3n) is 1.79. The summed E-state index contributed by atoms with van der Waals surface area (Å²) in [4.78, 5) is 7.97. The van der Waals surface area contributed by atoms with E-state index in [1.54, 1.807) is 18.2 Å². The van der Waals surface area contributed by atoms with Gasteiger partial charge in [0.1, 0.15) is 0 Å². The summed E-state index contributed by atoms with van der Waals surface area (Å²) in [5, 5.41) is 1.55. The van der Waals surface area contributed by atoms with Gasteiger partial charge in [0.2, 0.25) is 11.2 Å². The van der Waals surface area contributed by atoms with E-state index in [2.05, 4.69) is 9.97 Å². The maximum Gasteiger partial charge on any atom is 0.226 e. The minimum absolute atomic E-state index is 0.150. The van der Waals surface area contributed by atoms with Crippen LogP contribution in [-0.2, 0) is 0 Å². The molecular weight excluding hydrogens is 223 g/mol.